The zero-order chi connectivity index (χ0) is 15.9. The topological polar surface area (TPSA) is 34.1 Å². The monoisotopic (exact) mass is 290 g/mol. The lowest BCUT2D eigenvalue weighted by Crippen LogP contribution is -1.97. The summed E-state index contributed by atoms with van der Waals surface area (Å²) in [4.78, 5) is 22.9. The molecule has 0 N–H and O–H groups in total. The van der Waals surface area contributed by atoms with Crippen molar-refractivity contribution in [2.45, 2.75) is 33.6 Å². The zero-order valence-electron chi connectivity index (χ0n) is 13.1. The number of Topliss-reactive ketones (excluding diaryl/α,β-unsaturated/α-hetero) is 1. The van der Waals surface area contributed by atoms with Crippen molar-refractivity contribution in [3.8, 4) is 11.1 Å². The van der Waals surface area contributed by atoms with Gasteiger partial charge in [0.1, 0.15) is 5.94 Å². The van der Waals surface area contributed by atoms with Crippen LogP contribution in [-0.4, -0.2) is 11.7 Å². The number of benzene rings is 2. The average Bonchev–Trinajstić information content (AvgIpc) is 2.89. The van der Waals surface area contributed by atoms with Crippen LogP contribution in [0.1, 0.15) is 46.0 Å². The van der Waals surface area contributed by atoms with Crippen LogP contribution in [-0.2, 0) is 11.2 Å². The molecule has 0 fully saturated rings. The average molecular weight is 290 g/mol. The molecule has 110 valence electrons. The van der Waals surface area contributed by atoms with Crippen LogP contribution in [0.25, 0.3) is 16.7 Å². The molecule has 0 unspecified atom stereocenters. The van der Waals surface area contributed by atoms with Crippen molar-refractivity contribution in [2.75, 3.05) is 0 Å². The Labute approximate surface area is 130 Å². The van der Waals surface area contributed by atoms with Gasteiger partial charge in [-0.1, -0.05) is 24.3 Å². The number of carbonyl (C=O) groups excluding carboxylic acids is 2. The molecule has 2 aromatic rings. The summed E-state index contributed by atoms with van der Waals surface area (Å²) in [5, 5.41) is 0. The molecule has 0 atom stereocenters. The molecule has 0 amide bonds. The molecule has 0 aromatic heterocycles. The van der Waals surface area contributed by atoms with E-state index in [-0.39, 0.29) is 5.78 Å². The smallest absolute Gasteiger partial charge is 0.163 e. The number of ketones is 1. The Morgan fingerprint density at radius 2 is 1.73 bits per heavy atom. The first-order valence-electron chi connectivity index (χ1n) is 7.51. The Morgan fingerprint density at radius 3 is 2.45 bits per heavy atom. The van der Waals surface area contributed by atoms with Gasteiger partial charge in [0, 0.05) is 17.6 Å². The van der Waals surface area contributed by atoms with Gasteiger partial charge in [0.2, 0.25) is 0 Å². The van der Waals surface area contributed by atoms with Crippen LogP contribution < -0.4 is 0 Å². The van der Waals surface area contributed by atoms with Gasteiger partial charge >= 0.3 is 0 Å². The Hall–Kier alpha value is -2.44. The predicted molar refractivity (Wildman–Crippen MR) is 88.8 cm³/mol. The second-order valence-corrected chi connectivity index (χ2v) is 5.96. The molecule has 2 aromatic carbocycles. The van der Waals surface area contributed by atoms with Crippen molar-refractivity contribution in [3.63, 3.8) is 0 Å². The number of aryl methyl sites for hydroxylation is 2. The van der Waals surface area contributed by atoms with Gasteiger partial charge in [-0.05, 0) is 66.6 Å². The van der Waals surface area contributed by atoms with Crippen LogP contribution in [0.5, 0.6) is 0 Å². The van der Waals surface area contributed by atoms with Gasteiger partial charge in [-0.15, -0.1) is 0 Å². The van der Waals surface area contributed by atoms with Crippen LogP contribution in [0.15, 0.2) is 30.3 Å². The van der Waals surface area contributed by atoms with Crippen LogP contribution >= 0.6 is 0 Å². The van der Waals surface area contributed by atoms with E-state index in [0.717, 1.165) is 39.8 Å². The number of allylic oxidation sites excluding steroid dienone is 1. The fraction of sp³-hybridized carbons (Fsp3) is 0.250. The summed E-state index contributed by atoms with van der Waals surface area (Å²) in [5.41, 5.74) is 8.07. The van der Waals surface area contributed by atoms with E-state index in [0.29, 0.717) is 12.0 Å². The second kappa shape index (κ2) is 5.40. The van der Waals surface area contributed by atoms with E-state index < -0.39 is 0 Å². The largest absolute Gasteiger partial charge is 0.294 e. The van der Waals surface area contributed by atoms with E-state index in [1.807, 2.05) is 36.3 Å². The Morgan fingerprint density at radius 1 is 1.00 bits per heavy atom. The molecule has 2 heteroatoms. The van der Waals surface area contributed by atoms with Crippen molar-refractivity contribution >= 4 is 17.3 Å². The molecular formula is C20H18O2. The van der Waals surface area contributed by atoms with Gasteiger partial charge in [0.15, 0.2) is 5.78 Å². The molecule has 1 aliphatic rings. The minimum atomic E-state index is 0.231. The van der Waals surface area contributed by atoms with Crippen molar-refractivity contribution in [2.24, 2.45) is 0 Å². The van der Waals surface area contributed by atoms with Crippen molar-refractivity contribution in [3.05, 3.63) is 58.1 Å². The van der Waals surface area contributed by atoms with Crippen LogP contribution in [0.4, 0.5) is 0 Å². The van der Waals surface area contributed by atoms with Crippen molar-refractivity contribution in [1.82, 2.24) is 0 Å². The minimum absolute atomic E-state index is 0.231. The van der Waals surface area contributed by atoms with Crippen molar-refractivity contribution in [1.29, 1.82) is 0 Å². The third kappa shape index (κ3) is 2.22. The molecule has 0 aliphatic heterocycles. The highest BCUT2D eigenvalue weighted by atomic mass is 16.1. The van der Waals surface area contributed by atoms with Crippen molar-refractivity contribution < 1.29 is 9.59 Å². The molecule has 0 saturated heterocycles. The summed E-state index contributed by atoms with van der Waals surface area (Å²) in [6, 6.07) is 9.98. The fourth-order valence-corrected chi connectivity index (χ4v) is 3.22. The Balaban J connectivity index is 2.29. The quantitative estimate of drug-likeness (QED) is 0.771. The lowest BCUT2D eigenvalue weighted by molar-refractivity contribution is 0.0994. The lowest BCUT2D eigenvalue weighted by Gasteiger charge is -2.15. The summed E-state index contributed by atoms with van der Waals surface area (Å²) in [7, 11) is 0. The minimum Gasteiger partial charge on any atom is -0.294 e. The number of rotatable bonds is 2. The maximum absolute atomic E-state index is 12.0. The lowest BCUT2D eigenvalue weighted by atomic mass is 9.88. The molecule has 1 aliphatic carbocycles. The maximum atomic E-state index is 12.0. The van der Waals surface area contributed by atoms with Crippen LogP contribution in [0, 0.1) is 13.8 Å². The van der Waals surface area contributed by atoms with Gasteiger partial charge < -0.3 is 0 Å². The van der Waals surface area contributed by atoms with Gasteiger partial charge in [0.25, 0.3) is 0 Å². The molecule has 0 bridgehead atoms. The number of hydrogen-bond acceptors (Lipinski definition) is 2. The standard InChI is InChI=1S/C20H18O2/c1-12-4-6-15(14(3)11-21)10-18(12)20-13(2)5-7-16-17(20)8-9-19(16)22/h4-7,10H,8-9H2,1-3H3. The summed E-state index contributed by atoms with van der Waals surface area (Å²) in [6.45, 7) is 5.91. The number of carbonyl (C=O) groups is 1. The maximum Gasteiger partial charge on any atom is 0.163 e. The van der Waals surface area contributed by atoms with Gasteiger partial charge in [-0.2, -0.15) is 0 Å². The number of hydrogen-bond donors (Lipinski definition) is 0. The molecular weight excluding hydrogens is 272 g/mol. The van der Waals surface area contributed by atoms with Gasteiger partial charge in [-0.3, -0.25) is 4.79 Å². The molecule has 0 saturated carbocycles. The Kier molecular flexibility index (Phi) is 3.56. The molecule has 2 nitrogen and oxygen atoms in total. The number of fused-ring (bicyclic) bond motifs is 1. The van der Waals surface area contributed by atoms with Crippen LogP contribution in [0.2, 0.25) is 0 Å². The molecule has 0 spiro atoms. The predicted octanol–water partition coefficient (Wildman–Crippen LogP) is 4.33. The normalized spacial score (nSPS) is 13.0. The van der Waals surface area contributed by atoms with Gasteiger partial charge in [0.05, 0.1) is 0 Å². The van der Waals surface area contributed by atoms with E-state index in [4.69, 9.17) is 0 Å². The molecule has 0 heterocycles. The molecule has 0 radical (unpaired) electrons. The highest BCUT2D eigenvalue weighted by Gasteiger charge is 2.24. The third-order valence-electron chi connectivity index (χ3n) is 4.52. The first-order valence-corrected chi connectivity index (χ1v) is 7.51. The second-order valence-electron chi connectivity index (χ2n) is 5.96. The van der Waals surface area contributed by atoms with E-state index >= 15 is 0 Å². The molecule has 22 heavy (non-hydrogen) atoms. The fourth-order valence-electron chi connectivity index (χ4n) is 3.22. The summed E-state index contributed by atoms with van der Waals surface area (Å²) >= 11 is 0. The first kappa shape index (κ1) is 14.5. The SMILES string of the molecule is CC(=C=O)c1ccc(C)c(-c2c(C)ccc3c2CCC3=O)c1. The van der Waals surface area contributed by atoms with E-state index in [1.54, 1.807) is 6.92 Å². The van der Waals surface area contributed by atoms with E-state index in [9.17, 15) is 9.59 Å². The summed E-state index contributed by atoms with van der Waals surface area (Å²) in [6.07, 6.45) is 1.40. The highest BCUT2D eigenvalue weighted by Crippen LogP contribution is 2.37. The van der Waals surface area contributed by atoms with E-state index in [2.05, 4.69) is 13.8 Å². The van der Waals surface area contributed by atoms with Gasteiger partial charge in [-0.25, -0.2) is 4.79 Å². The van der Waals surface area contributed by atoms with Crippen LogP contribution in [0.3, 0.4) is 0 Å². The zero-order valence-corrected chi connectivity index (χ0v) is 13.1. The molecule has 3 rings (SSSR count). The first-order chi connectivity index (χ1) is 10.5. The van der Waals surface area contributed by atoms with E-state index in [1.165, 1.54) is 5.56 Å². The highest BCUT2D eigenvalue weighted by molar-refractivity contribution is 6.03. The summed E-state index contributed by atoms with van der Waals surface area (Å²) in [5.74, 6) is 2.20. The Bertz CT molecular complexity index is 837. The third-order valence-corrected chi connectivity index (χ3v) is 4.52. The summed E-state index contributed by atoms with van der Waals surface area (Å²) < 4.78 is 0.